The third-order valence-electron chi connectivity index (χ3n) is 6.59. The molecule has 0 amide bonds. The highest BCUT2D eigenvalue weighted by atomic mass is 35.5. The fourth-order valence-electron chi connectivity index (χ4n) is 4.84. The first kappa shape index (κ1) is 20.8. The summed E-state index contributed by atoms with van der Waals surface area (Å²) >= 11 is 6.50. The lowest BCUT2D eigenvalue weighted by Gasteiger charge is -2.30. The molecule has 1 aliphatic carbocycles. The zero-order valence-corrected chi connectivity index (χ0v) is 19.1. The van der Waals surface area contributed by atoms with Crippen molar-refractivity contribution in [1.82, 2.24) is 0 Å². The van der Waals surface area contributed by atoms with Gasteiger partial charge in [0.25, 0.3) is 0 Å². The minimum Gasteiger partial charge on any atom is -0.372 e. The van der Waals surface area contributed by atoms with Crippen LogP contribution in [0.25, 0.3) is 0 Å². The molecule has 0 radical (unpaired) electrons. The number of rotatable bonds is 3. The molecule has 0 spiro atoms. The van der Waals surface area contributed by atoms with Crippen LogP contribution in [0.5, 0.6) is 0 Å². The van der Waals surface area contributed by atoms with Crippen molar-refractivity contribution in [2.45, 2.75) is 44.6 Å². The molecule has 3 nitrogen and oxygen atoms in total. The molecule has 3 aromatic carbocycles. The third-order valence-corrected chi connectivity index (χ3v) is 6.93. The van der Waals surface area contributed by atoms with Crippen molar-refractivity contribution >= 4 is 28.8 Å². The summed E-state index contributed by atoms with van der Waals surface area (Å²) < 4.78 is 0. The predicted octanol–water partition coefficient (Wildman–Crippen LogP) is 7.44. The van der Waals surface area contributed by atoms with Gasteiger partial charge in [0.15, 0.2) is 5.78 Å². The van der Waals surface area contributed by atoms with Crippen molar-refractivity contribution in [1.29, 1.82) is 0 Å². The first-order valence-corrected chi connectivity index (χ1v) is 11.6. The summed E-state index contributed by atoms with van der Waals surface area (Å²) in [5, 5.41) is 7.97. The molecular formula is C28H27ClN2O. The second-order valence-electron chi connectivity index (χ2n) is 9.01. The number of carbonyl (C=O) groups excluding carboxylic acids is 1. The van der Waals surface area contributed by atoms with Crippen LogP contribution < -0.4 is 10.6 Å². The Morgan fingerprint density at radius 2 is 1.56 bits per heavy atom. The second kappa shape index (κ2) is 8.48. The predicted molar refractivity (Wildman–Crippen MR) is 132 cm³/mol. The van der Waals surface area contributed by atoms with E-state index in [1.54, 1.807) is 0 Å². The van der Waals surface area contributed by atoms with Gasteiger partial charge in [0.1, 0.15) is 0 Å². The maximum atomic E-state index is 13.6. The molecule has 0 fully saturated rings. The Morgan fingerprint density at radius 3 is 2.28 bits per heavy atom. The fourth-order valence-corrected chi connectivity index (χ4v) is 5.13. The van der Waals surface area contributed by atoms with Gasteiger partial charge in [-0.3, -0.25) is 4.79 Å². The summed E-state index contributed by atoms with van der Waals surface area (Å²) in [4.78, 5) is 13.6. The standard InChI is InChI=1S/C28H27ClN2O/c1-17(2)18-11-13-19(14-12-18)28-27-25(30-23-9-5-6-10-24(23)31-28)15-20(16-26(27)32)21-7-3-4-8-22(21)29/h3-14,17,20,28,30-31H,15-16H2,1-2H3. The Labute approximate surface area is 194 Å². The molecule has 0 saturated heterocycles. The maximum Gasteiger partial charge on any atom is 0.163 e. The number of hydrogen-bond acceptors (Lipinski definition) is 3. The number of nitrogens with one attached hydrogen (secondary N) is 2. The van der Waals surface area contributed by atoms with Crippen LogP contribution in [0.1, 0.15) is 61.3 Å². The molecule has 0 saturated carbocycles. The van der Waals surface area contributed by atoms with E-state index in [0.29, 0.717) is 12.3 Å². The number of fused-ring (bicyclic) bond motifs is 1. The lowest BCUT2D eigenvalue weighted by molar-refractivity contribution is -0.116. The van der Waals surface area contributed by atoms with Crippen molar-refractivity contribution in [3.8, 4) is 0 Å². The minimum atomic E-state index is -0.193. The van der Waals surface area contributed by atoms with Crippen molar-refractivity contribution in [3.63, 3.8) is 0 Å². The van der Waals surface area contributed by atoms with Crippen molar-refractivity contribution in [2.24, 2.45) is 0 Å². The van der Waals surface area contributed by atoms with Crippen LogP contribution in [0, 0.1) is 0 Å². The van der Waals surface area contributed by atoms with E-state index in [-0.39, 0.29) is 17.7 Å². The van der Waals surface area contributed by atoms with Gasteiger partial charge in [0, 0.05) is 22.7 Å². The number of hydrogen-bond donors (Lipinski definition) is 2. The summed E-state index contributed by atoms with van der Waals surface area (Å²) in [6.45, 7) is 4.39. The van der Waals surface area contributed by atoms with Gasteiger partial charge in [-0.2, -0.15) is 0 Å². The van der Waals surface area contributed by atoms with Crippen LogP contribution in [0.15, 0.2) is 84.1 Å². The van der Waals surface area contributed by atoms with Gasteiger partial charge in [0.05, 0.1) is 17.4 Å². The van der Waals surface area contributed by atoms with Gasteiger partial charge in [0.2, 0.25) is 0 Å². The van der Waals surface area contributed by atoms with E-state index in [1.807, 2.05) is 36.4 Å². The number of para-hydroxylation sites is 2. The molecule has 4 heteroatoms. The van der Waals surface area contributed by atoms with Crippen LogP contribution in [0.3, 0.4) is 0 Å². The fraction of sp³-hybridized carbons (Fsp3) is 0.250. The molecular weight excluding hydrogens is 416 g/mol. The van der Waals surface area contributed by atoms with E-state index in [0.717, 1.165) is 45.2 Å². The molecule has 5 rings (SSSR count). The Bertz CT molecular complexity index is 1200. The Morgan fingerprint density at radius 1 is 0.875 bits per heavy atom. The quantitative estimate of drug-likeness (QED) is 0.442. The molecule has 0 aromatic heterocycles. The normalized spacial score (nSPS) is 20.2. The monoisotopic (exact) mass is 442 g/mol. The Kier molecular flexibility index (Phi) is 5.52. The first-order valence-electron chi connectivity index (χ1n) is 11.2. The molecule has 1 heterocycles. The molecule has 2 aliphatic rings. The zero-order valence-electron chi connectivity index (χ0n) is 18.4. The lowest BCUT2D eigenvalue weighted by atomic mass is 9.78. The van der Waals surface area contributed by atoms with Gasteiger partial charge in [-0.05, 0) is 53.1 Å². The van der Waals surface area contributed by atoms with E-state index < -0.39 is 0 Å². The maximum absolute atomic E-state index is 13.6. The van der Waals surface area contributed by atoms with E-state index in [1.165, 1.54) is 5.56 Å². The highest BCUT2D eigenvalue weighted by molar-refractivity contribution is 6.31. The van der Waals surface area contributed by atoms with Gasteiger partial charge in [-0.15, -0.1) is 0 Å². The highest BCUT2D eigenvalue weighted by Crippen LogP contribution is 2.45. The van der Waals surface area contributed by atoms with Gasteiger partial charge < -0.3 is 10.6 Å². The number of allylic oxidation sites excluding steroid dienone is 1. The van der Waals surface area contributed by atoms with Crippen LogP contribution in [-0.4, -0.2) is 5.78 Å². The van der Waals surface area contributed by atoms with E-state index in [9.17, 15) is 4.79 Å². The molecule has 2 atom stereocenters. The number of halogens is 1. The zero-order chi connectivity index (χ0) is 22.2. The van der Waals surface area contributed by atoms with Crippen molar-refractivity contribution in [3.05, 3.63) is 106 Å². The topological polar surface area (TPSA) is 41.1 Å². The molecule has 1 aliphatic heterocycles. The van der Waals surface area contributed by atoms with Gasteiger partial charge in [-0.1, -0.05) is 80.0 Å². The molecule has 2 unspecified atom stereocenters. The number of benzene rings is 3. The third kappa shape index (κ3) is 3.82. The number of Topliss-reactive ketones (excluding diaryl/α,β-unsaturated/α-hetero) is 1. The van der Waals surface area contributed by atoms with Gasteiger partial charge in [-0.25, -0.2) is 0 Å². The molecule has 32 heavy (non-hydrogen) atoms. The average molecular weight is 443 g/mol. The molecule has 3 aromatic rings. The molecule has 162 valence electrons. The van der Waals surface area contributed by atoms with Gasteiger partial charge >= 0.3 is 0 Å². The first-order chi connectivity index (χ1) is 15.5. The van der Waals surface area contributed by atoms with Crippen molar-refractivity contribution in [2.75, 3.05) is 10.6 Å². The number of ketones is 1. The van der Waals surface area contributed by atoms with Crippen LogP contribution in [0.2, 0.25) is 5.02 Å². The summed E-state index contributed by atoms with van der Waals surface area (Å²) in [5.41, 5.74) is 7.26. The van der Waals surface area contributed by atoms with Crippen LogP contribution >= 0.6 is 11.6 Å². The van der Waals surface area contributed by atoms with E-state index in [2.05, 4.69) is 60.9 Å². The second-order valence-corrected chi connectivity index (χ2v) is 9.42. The number of anilines is 2. The van der Waals surface area contributed by atoms with Crippen molar-refractivity contribution < 1.29 is 4.79 Å². The summed E-state index contributed by atoms with van der Waals surface area (Å²) in [6.07, 6.45) is 1.21. The highest BCUT2D eigenvalue weighted by Gasteiger charge is 2.36. The summed E-state index contributed by atoms with van der Waals surface area (Å²) in [6, 6.07) is 24.5. The lowest BCUT2D eigenvalue weighted by Crippen LogP contribution is -2.27. The SMILES string of the molecule is CC(C)c1ccc(C2Nc3ccccc3NC3=C2C(=O)CC(c2ccccc2Cl)C3)cc1. The molecule has 0 bridgehead atoms. The Balaban J connectivity index is 1.60. The number of carbonyl (C=O) groups is 1. The van der Waals surface area contributed by atoms with Crippen LogP contribution in [-0.2, 0) is 4.79 Å². The summed E-state index contributed by atoms with van der Waals surface area (Å²) in [5.74, 6) is 0.703. The minimum absolute atomic E-state index is 0.0664. The average Bonchev–Trinajstić information content (AvgIpc) is 2.96. The smallest absolute Gasteiger partial charge is 0.163 e. The summed E-state index contributed by atoms with van der Waals surface area (Å²) in [7, 11) is 0. The largest absolute Gasteiger partial charge is 0.372 e. The molecule has 2 N–H and O–H groups in total. The van der Waals surface area contributed by atoms with E-state index in [4.69, 9.17) is 11.6 Å². The Hall–Kier alpha value is -3.04. The van der Waals surface area contributed by atoms with Crippen LogP contribution in [0.4, 0.5) is 11.4 Å². The van der Waals surface area contributed by atoms with E-state index >= 15 is 0 Å².